The number of hydrogen-bond acceptors (Lipinski definition) is 4. The van der Waals surface area contributed by atoms with E-state index in [0.717, 1.165) is 10.9 Å². The van der Waals surface area contributed by atoms with Gasteiger partial charge in [-0.3, -0.25) is 5.10 Å². The molecule has 0 fully saturated rings. The molecule has 26 heavy (non-hydrogen) atoms. The molecule has 130 valence electrons. The Balaban J connectivity index is 1.73. The Hall–Kier alpha value is -3.35. The molecule has 2 heterocycles. The highest BCUT2D eigenvalue weighted by Gasteiger charge is 2.11. The van der Waals surface area contributed by atoms with Crippen molar-refractivity contribution in [2.75, 3.05) is 5.32 Å². The maximum absolute atomic E-state index is 14.3. The molecule has 0 radical (unpaired) electrons. The minimum Gasteiger partial charge on any atom is -0.337 e. The first-order valence-corrected chi connectivity index (χ1v) is 8.01. The SMILES string of the molecule is Cc1cc(-c2ncc(C)c(Nc3cc4cn[nH]c4cc3F)n2)ccc1F. The van der Waals surface area contributed by atoms with Gasteiger partial charge < -0.3 is 5.32 Å². The van der Waals surface area contributed by atoms with Crippen LogP contribution in [0, 0.1) is 25.5 Å². The number of hydrogen-bond donors (Lipinski definition) is 2. The normalized spacial score (nSPS) is 11.1. The van der Waals surface area contributed by atoms with Crippen LogP contribution in [0.15, 0.2) is 42.7 Å². The van der Waals surface area contributed by atoms with Crippen LogP contribution in [0.4, 0.5) is 20.3 Å². The molecular formula is C19H15F2N5. The van der Waals surface area contributed by atoms with Gasteiger partial charge >= 0.3 is 0 Å². The zero-order valence-electron chi connectivity index (χ0n) is 14.1. The van der Waals surface area contributed by atoms with Crippen molar-refractivity contribution < 1.29 is 8.78 Å². The fourth-order valence-electron chi connectivity index (χ4n) is 2.68. The summed E-state index contributed by atoms with van der Waals surface area (Å²) in [5.74, 6) is 0.221. The highest BCUT2D eigenvalue weighted by molar-refractivity contribution is 5.83. The number of fused-ring (bicyclic) bond motifs is 1. The standard InChI is InChI=1S/C19H15F2N5/c1-10-5-12(3-4-14(10)20)19-22-8-11(2)18(25-19)24-17-6-13-9-23-26-16(13)7-15(17)21/h3-9H,1-2H3,(H,23,26)(H,22,24,25). The highest BCUT2D eigenvalue weighted by atomic mass is 19.1. The topological polar surface area (TPSA) is 66.5 Å². The summed E-state index contributed by atoms with van der Waals surface area (Å²) < 4.78 is 27.8. The predicted octanol–water partition coefficient (Wildman–Crippen LogP) is 4.66. The molecular weight excluding hydrogens is 336 g/mol. The zero-order chi connectivity index (χ0) is 18.3. The summed E-state index contributed by atoms with van der Waals surface area (Å²) in [6.07, 6.45) is 3.27. The van der Waals surface area contributed by atoms with Crippen LogP contribution < -0.4 is 5.32 Å². The van der Waals surface area contributed by atoms with Crippen LogP contribution in [0.5, 0.6) is 0 Å². The minimum absolute atomic E-state index is 0.283. The number of H-pyrrole nitrogens is 1. The summed E-state index contributed by atoms with van der Waals surface area (Å²) >= 11 is 0. The maximum atomic E-state index is 14.3. The lowest BCUT2D eigenvalue weighted by Crippen LogP contribution is -2.02. The molecule has 0 amide bonds. The quantitative estimate of drug-likeness (QED) is 0.563. The summed E-state index contributed by atoms with van der Waals surface area (Å²) in [6, 6.07) is 7.73. The van der Waals surface area contributed by atoms with Crippen molar-refractivity contribution in [1.29, 1.82) is 0 Å². The molecule has 0 spiro atoms. The van der Waals surface area contributed by atoms with Gasteiger partial charge in [0.1, 0.15) is 17.5 Å². The number of aromatic amines is 1. The van der Waals surface area contributed by atoms with Crippen LogP contribution in [0.2, 0.25) is 0 Å². The van der Waals surface area contributed by atoms with E-state index in [9.17, 15) is 8.78 Å². The molecule has 2 N–H and O–H groups in total. The van der Waals surface area contributed by atoms with E-state index in [1.54, 1.807) is 37.5 Å². The molecule has 0 aliphatic rings. The zero-order valence-corrected chi connectivity index (χ0v) is 14.1. The lowest BCUT2D eigenvalue weighted by Gasteiger charge is -2.11. The van der Waals surface area contributed by atoms with Gasteiger partial charge in [0.25, 0.3) is 0 Å². The number of rotatable bonds is 3. The van der Waals surface area contributed by atoms with Crippen LogP contribution in [0.25, 0.3) is 22.3 Å². The van der Waals surface area contributed by atoms with E-state index in [1.807, 2.05) is 6.92 Å². The minimum atomic E-state index is -0.418. The van der Waals surface area contributed by atoms with Crippen LogP contribution in [0.1, 0.15) is 11.1 Å². The molecule has 0 bridgehead atoms. The Morgan fingerprint density at radius 2 is 1.81 bits per heavy atom. The molecule has 0 aliphatic heterocycles. The van der Waals surface area contributed by atoms with Crippen molar-refractivity contribution in [3.63, 3.8) is 0 Å². The number of aryl methyl sites for hydroxylation is 2. The second-order valence-corrected chi connectivity index (χ2v) is 6.10. The second kappa shape index (κ2) is 6.18. The molecule has 0 aliphatic carbocycles. The number of halogens is 2. The van der Waals surface area contributed by atoms with Crippen molar-refractivity contribution in [3.8, 4) is 11.4 Å². The van der Waals surface area contributed by atoms with Gasteiger partial charge in [0.15, 0.2) is 5.82 Å². The summed E-state index contributed by atoms with van der Waals surface area (Å²) in [5.41, 5.74) is 2.88. The van der Waals surface area contributed by atoms with Crippen molar-refractivity contribution in [1.82, 2.24) is 20.2 Å². The van der Waals surface area contributed by atoms with Crippen molar-refractivity contribution in [2.24, 2.45) is 0 Å². The third kappa shape index (κ3) is 2.88. The monoisotopic (exact) mass is 351 g/mol. The van der Waals surface area contributed by atoms with Gasteiger partial charge in [-0.25, -0.2) is 18.7 Å². The van der Waals surface area contributed by atoms with Gasteiger partial charge in [-0.1, -0.05) is 0 Å². The molecule has 5 nitrogen and oxygen atoms in total. The molecule has 7 heteroatoms. The Labute approximate surface area is 148 Å². The van der Waals surface area contributed by atoms with Crippen LogP contribution in [-0.2, 0) is 0 Å². The Bertz CT molecular complexity index is 1120. The lowest BCUT2D eigenvalue weighted by molar-refractivity contribution is 0.618. The van der Waals surface area contributed by atoms with E-state index in [-0.39, 0.29) is 5.82 Å². The van der Waals surface area contributed by atoms with E-state index in [1.165, 1.54) is 12.1 Å². The first kappa shape index (κ1) is 16.1. The first-order valence-electron chi connectivity index (χ1n) is 8.01. The highest BCUT2D eigenvalue weighted by Crippen LogP contribution is 2.27. The van der Waals surface area contributed by atoms with Gasteiger partial charge in [-0.2, -0.15) is 5.10 Å². The number of aromatic nitrogens is 4. The number of nitrogens with zero attached hydrogens (tertiary/aromatic N) is 3. The molecule has 0 saturated heterocycles. The average Bonchev–Trinajstić information content (AvgIpc) is 3.06. The van der Waals surface area contributed by atoms with Gasteiger partial charge in [-0.15, -0.1) is 0 Å². The molecule has 2 aromatic heterocycles. The van der Waals surface area contributed by atoms with Crippen LogP contribution >= 0.6 is 0 Å². The predicted molar refractivity (Wildman–Crippen MR) is 96.2 cm³/mol. The van der Waals surface area contributed by atoms with Crippen molar-refractivity contribution >= 4 is 22.4 Å². The van der Waals surface area contributed by atoms with Crippen LogP contribution in [-0.4, -0.2) is 20.2 Å². The Morgan fingerprint density at radius 1 is 0.962 bits per heavy atom. The molecule has 2 aromatic carbocycles. The average molecular weight is 351 g/mol. The number of benzene rings is 2. The fraction of sp³-hybridized carbons (Fsp3) is 0.105. The van der Waals surface area contributed by atoms with Crippen molar-refractivity contribution in [2.45, 2.75) is 13.8 Å². The van der Waals surface area contributed by atoms with E-state index < -0.39 is 5.82 Å². The smallest absolute Gasteiger partial charge is 0.161 e. The third-order valence-electron chi connectivity index (χ3n) is 4.17. The molecule has 4 aromatic rings. The first-order chi connectivity index (χ1) is 12.5. The Morgan fingerprint density at radius 3 is 2.62 bits per heavy atom. The summed E-state index contributed by atoms with van der Waals surface area (Å²) in [5, 5.41) is 10.4. The molecule has 0 saturated carbocycles. The lowest BCUT2D eigenvalue weighted by atomic mass is 10.1. The summed E-state index contributed by atoms with van der Waals surface area (Å²) in [6.45, 7) is 3.51. The fourth-order valence-corrected chi connectivity index (χ4v) is 2.68. The van der Waals surface area contributed by atoms with Crippen molar-refractivity contribution in [3.05, 3.63) is 65.5 Å². The van der Waals surface area contributed by atoms with E-state index in [2.05, 4.69) is 25.5 Å². The Kier molecular flexibility index (Phi) is 3.84. The summed E-state index contributed by atoms with van der Waals surface area (Å²) in [4.78, 5) is 8.79. The van der Waals surface area contributed by atoms with E-state index in [4.69, 9.17) is 0 Å². The molecule has 4 rings (SSSR count). The second-order valence-electron chi connectivity index (χ2n) is 6.10. The van der Waals surface area contributed by atoms with Gasteiger partial charge in [0.05, 0.1) is 17.4 Å². The summed E-state index contributed by atoms with van der Waals surface area (Å²) in [7, 11) is 0. The maximum Gasteiger partial charge on any atom is 0.161 e. The van der Waals surface area contributed by atoms with Crippen LogP contribution in [0.3, 0.4) is 0 Å². The van der Waals surface area contributed by atoms with Gasteiger partial charge in [0, 0.05) is 28.8 Å². The third-order valence-corrected chi connectivity index (χ3v) is 4.17. The number of anilines is 2. The number of nitrogens with one attached hydrogen (secondary N) is 2. The molecule has 0 unspecified atom stereocenters. The van der Waals surface area contributed by atoms with Gasteiger partial charge in [-0.05, 0) is 43.7 Å². The van der Waals surface area contributed by atoms with E-state index in [0.29, 0.717) is 34.0 Å². The van der Waals surface area contributed by atoms with E-state index >= 15 is 0 Å². The van der Waals surface area contributed by atoms with Gasteiger partial charge in [0.2, 0.25) is 0 Å². The molecule has 0 atom stereocenters. The largest absolute Gasteiger partial charge is 0.337 e.